The van der Waals surface area contributed by atoms with Gasteiger partial charge in [0.1, 0.15) is 18.0 Å². The molecule has 0 spiro atoms. The summed E-state index contributed by atoms with van der Waals surface area (Å²) in [6.07, 6.45) is 5.52. The molecule has 11 heteroatoms. The number of rotatable bonds is 10. The molecule has 1 aromatic carbocycles. The first-order valence-electron chi connectivity index (χ1n) is 12.9. The Bertz CT molecular complexity index is 1470. The summed E-state index contributed by atoms with van der Waals surface area (Å²) >= 11 is 0. The second-order valence-electron chi connectivity index (χ2n) is 9.65. The van der Waals surface area contributed by atoms with Gasteiger partial charge in [-0.15, -0.1) is 9.24 Å². The monoisotopic (exact) mass is 544 g/mol. The molecule has 0 aliphatic carbocycles. The number of hydrogen-bond acceptors (Lipinski definition) is 9. The number of hydrogen-bond donors (Lipinski definition) is 1. The van der Waals surface area contributed by atoms with Crippen LogP contribution in [0.3, 0.4) is 0 Å². The molecular formula is C28H33N8O2P. The third kappa shape index (κ3) is 5.77. The van der Waals surface area contributed by atoms with E-state index in [0.717, 1.165) is 30.9 Å². The number of para-hydroxylation sites is 1. The average Bonchev–Trinajstić information content (AvgIpc) is 3.37. The van der Waals surface area contributed by atoms with E-state index in [1.165, 1.54) is 5.56 Å². The van der Waals surface area contributed by atoms with E-state index in [1.54, 1.807) is 24.3 Å². The van der Waals surface area contributed by atoms with Crippen LogP contribution >= 0.6 is 9.24 Å². The van der Waals surface area contributed by atoms with Crippen molar-refractivity contribution in [3.8, 4) is 17.1 Å². The summed E-state index contributed by atoms with van der Waals surface area (Å²) in [6.45, 7) is 4.94. The highest BCUT2D eigenvalue weighted by molar-refractivity contribution is 7.17. The number of benzene rings is 1. The summed E-state index contributed by atoms with van der Waals surface area (Å²) in [5.41, 5.74) is 4.61. The second kappa shape index (κ2) is 11.5. The minimum Gasteiger partial charge on any atom is -0.494 e. The van der Waals surface area contributed by atoms with Crippen LogP contribution in [0.25, 0.3) is 11.4 Å². The molecule has 4 heterocycles. The molecule has 0 saturated carbocycles. The molecule has 1 N–H and O–H groups in total. The van der Waals surface area contributed by atoms with Crippen LogP contribution < -0.4 is 15.0 Å². The molecule has 39 heavy (non-hydrogen) atoms. The normalized spacial score (nSPS) is 13.7. The molecule has 4 aromatic rings. The fourth-order valence-electron chi connectivity index (χ4n) is 4.69. The van der Waals surface area contributed by atoms with E-state index in [0.29, 0.717) is 46.5 Å². The van der Waals surface area contributed by atoms with E-state index in [1.807, 2.05) is 62.4 Å². The maximum atomic E-state index is 12.9. The molecule has 0 amide bonds. The first-order chi connectivity index (χ1) is 18.9. The highest BCUT2D eigenvalue weighted by Gasteiger charge is 2.23. The predicted molar refractivity (Wildman–Crippen MR) is 156 cm³/mol. The number of methoxy groups -OCH3 is 1. The number of ketones is 1. The minimum absolute atomic E-state index is 0.00129. The Balaban J connectivity index is 1.44. The number of pyridine rings is 2. The number of anilines is 4. The van der Waals surface area contributed by atoms with Crippen LogP contribution in [-0.2, 0) is 13.6 Å². The molecule has 1 fully saturated rings. The lowest BCUT2D eigenvalue weighted by molar-refractivity contribution is 0.0988. The zero-order valence-corrected chi connectivity index (χ0v) is 23.8. The molecular weight excluding hydrogens is 511 g/mol. The number of aryl methyl sites for hydroxylation is 1. The van der Waals surface area contributed by atoms with Gasteiger partial charge in [0.25, 0.3) is 0 Å². The van der Waals surface area contributed by atoms with Crippen molar-refractivity contribution in [2.75, 3.05) is 37.5 Å². The topological polar surface area (TPSA) is 101 Å². The van der Waals surface area contributed by atoms with Crippen LogP contribution in [0.2, 0.25) is 0 Å². The van der Waals surface area contributed by atoms with Gasteiger partial charge in [0.05, 0.1) is 29.6 Å². The summed E-state index contributed by atoms with van der Waals surface area (Å²) in [7, 11) is 8.21. The summed E-state index contributed by atoms with van der Waals surface area (Å²) in [6, 6.07) is 11.7. The van der Waals surface area contributed by atoms with E-state index in [4.69, 9.17) is 4.74 Å². The Morgan fingerprint density at radius 2 is 1.92 bits per heavy atom. The van der Waals surface area contributed by atoms with E-state index in [9.17, 15) is 4.79 Å². The maximum absolute atomic E-state index is 12.9. The average molecular weight is 545 g/mol. The van der Waals surface area contributed by atoms with E-state index >= 15 is 0 Å². The molecule has 0 bridgehead atoms. The van der Waals surface area contributed by atoms with E-state index in [2.05, 4.69) is 45.6 Å². The second-order valence-corrected chi connectivity index (χ2v) is 10.6. The number of Topliss-reactive ketones (excluding diaryl/α,β-unsaturated/α-hetero) is 1. The van der Waals surface area contributed by atoms with Crippen molar-refractivity contribution < 1.29 is 9.53 Å². The van der Waals surface area contributed by atoms with Gasteiger partial charge in [0, 0.05) is 58.6 Å². The number of aromatic nitrogens is 5. The van der Waals surface area contributed by atoms with E-state index < -0.39 is 0 Å². The first-order valence-corrected chi connectivity index (χ1v) is 13.5. The van der Waals surface area contributed by atoms with Gasteiger partial charge in [0.15, 0.2) is 17.4 Å². The van der Waals surface area contributed by atoms with Crippen molar-refractivity contribution in [1.82, 2.24) is 29.6 Å². The van der Waals surface area contributed by atoms with Crippen molar-refractivity contribution in [2.45, 2.75) is 25.5 Å². The number of carbonyl (C=O) groups is 1. The van der Waals surface area contributed by atoms with Gasteiger partial charge in [-0.25, -0.2) is 15.0 Å². The molecule has 1 saturated heterocycles. The molecule has 3 aromatic heterocycles. The van der Waals surface area contributed by atoms with Crippen LogP contribution in [0.1, 0.15) is 29.3 Å². The van der Waals surface area contributed by atoms with Crippen molar-refractivity contribution in [3.63, 3.8) is 0 Å². The van der Waals surface area contributed by atoms with Gasteiger partial charge in [-0.1, -0.05) is 19.1 Å². The van der Waals surface area contributed by atoms with Gasteiger partial charge < -0.3 is 15.0 Å². The Morgan fingerprint density at radius 3 is 2.56 bits per heavy atom. The Hall–Kier alpha value is -3.88. The lowest BCUT2D eigenvalue weighted by Gasteiger charge is -2.36. The summed E-state index contributed by atoms with van der Waals surface area (Å²) in [4.78, 5) is 30.7. The van der Waals surface area contributed by atoms with E-state index in [-0.39, 0.29) is 5.78 Å². The van der Waals surface area contributed by atoms with Gasteiger partial charge in [0.2, 0.25) is 0 Å². The molecule has 0 radical (unpaired) electrons. The molecule has 202 valence electrons. The molecule has 1 aliphatic rings. The molecule has 10 nitrogen and oxygen atoms in total. The van der Waals surface area contributed by atoms with Crippen LogP contribution in [0, 0.1) is 0 Å². The maximum Gasteiger partial charge on any atom is 0.184 e. The summed E-state index contributed by atoms with van der Waals surface area (Å²) in [5.74, 6) is 2.43. The van der Waals surface area contributed by atoms with Crippen LogP contribution in [0.5, 0.6) is 5.75 Å². The number of ether oxygens (including phenoxy) is 1. The Labute approximate surface area is 230 Å². The summed E-state index contributed by atoms with van der Waals surface area (Å²) < 4.78 is 7.48. The minimum atomic E-state index is -0.00129. The highest BCUT2D eigenvalue weighted by atomic mass is 31.0. The van der Waals surface area contributed by atoms with Crippen molar-refractivity contribution >= 4 is 38.0 Å². The zero-order valence-electron chi connectivity index (χ0n) is 22.6. The van der Waals surface area contributed by atoms with Crippen LogP contribution in [0.15, 0.2) is 55.1 Å². The lowest BCUT2D eigenvalue weighted by Crippen LogP contribution is -2.46. The standard InChI is InChI=1S/C28H33N8O2P/c1-5-24(37)21-13-30-26(32-25-10-9-18(12-29-25)14-36-15-19(39)16-36)11-23(21)35(3)22-8-6-7-20(27(22)38-4)28-31-17-34(2)33-28/h6-13,17,19H,5,14-16,39H2,1-4H3,(H,29,30,32). The molecule has 1 unspecified atom stereocenters. The number of nitrogens with zero attached hydrogens (tertiary/aromatic N) is 7. The number of carbonyl (C=O) groups excluding carboxylic acids is 1. The lowest BCUT2D eigenvalue weighted by atomic mass is 10.1. The molecule has 1 aliphatic heterocycles. The predicted octanol–water partition coefficient (Wildman–Crippen LogP) is 4.44. The fraction of sp³-hybridized carbons (Fsp3) is 0.321. The highest BCUT2D eigenvalue weighted by Crippen LogP contribution is 2.40. The van der Waals surface area contributed by atoms with Gasteiger partial charge in [-0.05, 0) is 29.4 Å². The molecule has 5 rings (SSSR count). The molecule has 1 atom stereocenters. The quantitative estimate of drug-likeness (QED) is 0.229. The first kappa shape index (κ1) is 26.7. The SMILES string of the molecule is CCC(=O)c1cnc(Nc2ccc(CN3CC(P)C3)cn2)cc1N(C)c1cccc(-c2ncn(C)n2)c1OC. The fourth-order valence-corrected chi connectivity index (χ4v) is 5.28. The van der Waals surface area contributed by atoms with Crippen molar-refractivity contribution in [2.24, 2.45) is 7.05 Å². The van der Waals surface area contributed by atoms with Crippen molar-refractivity contribution in [3.05, 3.63) is 66.2 Å². The smallest absolute Gasteiger partial charge is 0.184 e. The van der Waals surface area contributed by atoms with Gasteiger partial charge in [-0.2, -0.15) is 5.10 Å². The van der Waals surface area contributed by atoms with Crippen molar-refractivity contribution in [1.29, 1.82) is 0 Å². The largest absolute Gasteiger partial charge is 0.494 e. The van der Waals surface area contributed by atoms with Crippen LogP contribution in [0.4, 0.5) is 23.0 Å². The third-order valence-corrected chi connectivity index (χ3v) is 7.16. The zero-order chi connectivity index (χ0) is 27.5. The van der Waals surface area contributed by atoms with Crippen LogP contribution in [-0.4, -0.2) is 68.3 Å². The third-order valence-electron chi connectivity index (χ3n) is 6.74. The Morgan fingerprint density at radius 1 is 1.13 bits per heavy atom. The van der Waals surface area contributed by atoms with Gasteiger partial charge >= 0.3 is 0 Å². The number of nitrogens with one attached hydrogen (secondary N) is 1. The Kier molecular flexibility index (Phi) is 7.86. The van der Waals surface area contributed by atoms with Gasteiger partial charge in [-0.3, -0.25) is 14.4 Å². The summed E-state index contributed by atoms with van der Waals surface area (Å²) in [5, 5.41) is 7.73. The number of likely N-dealkylation sites (tertiary alicyclic amines) is 1.